The van der Waals surface area contributed by atoms with Gasteiger partial charge in [0.1, 0.15) is 12.6 Å². The fraction of sp³-hybridized carbons (Fsp3) is 1.00. The van der Waals surface area contributed by atoms with E-state index < -0.39 is 107 Å². The summed E-state index contributed by atoms with van der Waals surface area (Å²) >= 11 is 0. The monoisotopic (exact) mass is 836 g/mol. The van der Waals surface area contributed by atoms with Gasteiger partial charge in [-0.2, -0.15) is 127 Å². The topological polar surface area (TPSA) is 20.2 Å². The molecule has 0 aromatic heterocycles. The summed E-state index contributed by atoms with van der Waals surface area (Å²) in [6.07, 6.45) is -14.6. The molecule has 0 aliphatic heterocycles. The van der Waals surface area contributed by atoms with Gasteiger partial charge in [0.15, 0.2) is 0 Å². The molecule has 0 aromatic carbocycles. The fourth-order valence-electron chi connectivity index (χ4n) is 3.50. The number of nitrogens with zero attached hydrogens (tertiary/aromatic N) is 1. The molecule has 0 bridgehead atoms. The number of alkyl halides is 29. The van der Waals surface area contributed by atoms with Crippen molar-refractivity contribution in [3.05, 3.63) is 0 Å². The van der Waals surface area contributed by atoms with Crippen LogP contribution in [0, 0.1) is 0 Å². The van der Waals surface area contributed by atoms with Crippen LogP contribution in [-0.4, -0.2) is 127 Å². The Kier molecular flexibility index (Phi) is 11.7. The van der Waals surface area contributed by atoms with E-state index in [2.05, 4.69) is 0 Å². The van der Waals surface area contributed by atoms with Crippen LogP contribution in [0.2, 0.25) is 0 Å². The molecule has 0 aromatic rings. The van der Waals surface area contributed by atoms with Crippen LogP contribution < -0.4 is 0 Å². The Hall–Kier alpha value is -2.11. The van der Waals surface area contributed by atoms with Crippen molar-refractivity contribution in [1.82, 2.24) is 0 Å². The average molecular weight is 836 g/mol. The number of halogens is 29. The van der Waals surface area contributed by atoms with E-state index in [1.807, 2.05) is 0 Å². The molecule has 0 spiro atoms. The molecule has 0 radical (unpaired) electrons. The maximum atomic E-state index is 14.0. The second-order valence-corrected chi connectivity index (χ2v) is 11.4. The quantitative estimate of drug-likeness (QED) is 0.122. The van der Waals surface area contributed by atoms with E-state index in [0.29, 0.717) is 0 Å². The second-order valence-electron chi connectivity index (χ2n) is 11.4. The highest BCUT2D eigenvalue weighted by Crippen LogP contribution is 2.69. The van der Waals surface area contributed by atoms with Gasteiger partial charge in [-0.3, -0.25) is 0 Å². The molecule has 0 amide bonds. The maximum absolute atomic E-state index is 14.0. The second kappa shape index (κ2) is 12.2. The molecule has 31 heteroatoms. The SMILES string of the molecule is C[N+](C)(C)CC(O)CC(F)(F)C(F)(F)C(F)(F)C(F)(F)C(F)(F)C(F)(F)C(F)(F)C(F)(F)C(F)(F)C(F)(F)C(F)(F)C(F)(F)C(F)(F)C(F)(F)F. The number of rotatable bonds is 16. The van der Waals surface area contributed by atoms with E-state index in [4.69, 9.17) is 0 Å². The Morgan fingerprint density at radius 3 is 0.686 bits per heavy atom. The van der Waals surface area contributed by atoms with Crippen LogP contribution in [-0.2, 0) is 0 Å². The van der Waals surface area contributed by atoms with Crippen LogP contribution >= 0.6 is 0 Å². The van der Waals surface area contributed by atoms with Gasteiger partial charge < -0.3 is 9.59 Å². The molecule has 0 rings (SSSR count). The Labute approximate surface area is 261 Å². The Morgan fingerprint density at radius 1 is 0.333 bits per heavy atom. The Balaban J connectivity index is 7.45. The van der Waals surface area contributed by atoms with Gasteiger partial charge in [0.25, 0.3) is 0 Å². The molecular formula is C20H15F29NO+. The van der Waals surface area contributed by atoms with Gasteiger partial charge in [-0.15, -0.1) is 0 Å². The van der Waals surface area contributed by atoms with Crippen molar-refractivity contribution >= 4 is 0 Å². The molecule has 1 unspecified atom stereocenters. The van der Waals surface area contributed by atoms with Gasteiger partial charge in [0.2, 0.25) is 0 Å². The Morgan fingerprint density at radius 2 is 0.510 bits per heavy atom. The van der Waals surface area contributed by atoms with Crippen molar-refractivity contribution < 1.29 is 137 Å². The molecule has 0 aliphatic carbocycles. The molecule has 0 saturated heterocycles. The Bertz CT molecular complexity index is 1240. The molecule has 308 valence electrons. The standard InChI is InChI=1S/C20H15F29NO/c1-50(2,3)5-6(51)4-7(21,22)8(23,24)9(25,26)10(27,28)11(29,30)12(31,32)13(33,34)14(35,36)15(37,38)16(39,40)17(41,42)18(43,44)19(45,46)20(47,48)49/h6,51H,4-5H2,1-3H3/q+1. The molecule has 0 saturated carbocycles. The summed E-state index contributed by atoms with van der Waals surface area (Å²) in [5.74, 6) is -121. The van der Waals surface area contributed by atoms with E-state index in [0.717, 1.165) is 21.1 Å². The van der Waals surface area contributed by atoms with E-state index in [1.165, 1.54) is 0 Å². The molecule has 0 fully saturated rings. The molecule has 0 aliphatic rings. The van der Waals surface area contributed by atoms with Gasteiger partial charge >= 0.3 is 83.2 Å². The molecule has 51 heavy (non-hydrogen) atoms. The van der Waals surface area contributed by atoms with Crippen LogP contribution in [0.4, 0.5) is 127 Å². The van der Waals surface area contributed by atoms with Crippen molar-refractivity contribution in [1.29, 1.82) is 0 Å². The van der Waals surface area contributed by atoms with Crippen LogP contribution in [0.25, 0.3) is 0 Å². The molecule has 0 heterocycles. The van der Waals surface area contributed by atoms with Gasteiger partial charge in [-0.1, -0.05) is 0 Å². The van der Waals surface area contributed by atoms with Crippen LogP contribution in [0.15, 0.2) is 0 Å². The smallest absolute Gasteiger partial charge is 0.387 e. The summed E-state index contributed by atoms with van der Waals surface area (Å²) < 4.78 is 392. The number of quaternary nitrogens is 1. The van der Waals surface area contributed by atoms with E-state index in [1.54, 1.807) is 0 Å². The lowest BCUT2D eigenvalue weighted by molar-refractivity contribution is -0.873. The van der Waals surface area contributed by atoms with Crippen LogP contribution in [0.1, 0.15) is 6.42 Å². The highest BCUT2D eigenvalue weighted by Gasteiger charge is 3.00. The molecule has 1 N–H and O–H groups in total. The first-order valence-corrected chi connectivity index (χ1v) is 11.8. The maximum Gasteiger partial charge on any atom is 0.460 e. The summed E-state index contributed by atoms with van der Waals surface area (Å²) in [4.78, 5) is 0. The first kappa shape index (κ1) is 48.9. The van der Waals surface area contributed by atoms with Crippen molar-refractivity contribution in [3.8, 4) is 0 Å². The van der Waals surface area contributed by atoms with Gasteiger partial charge in [0.05, 0.1) is 21.1 Å². The number of aliphatic hydroxyl groups excluding tert-OH is 1. The third-order valence-corrected chi connectivity index (χ3v) is 6.40. The highest BCUT2D eigenvalue weighted by atomic mass is 19.4. The lowest BCUT2D eigenvalue weighted by Gasteiger charge is -2.46. The number of hydrogen-bond acceptors (Lipinski definition) is 1. The van der Waals surface area contributed by atoms with Gasteiger partial charge in [0, 0.05) is 6.42 Å². The van der Waals surface area contributed by atoms with E-state index in [-0.39, 0.29) is 0 Å². The normalized spacial score (nSPS) is 17.6. The first-order valence-electron chi connectivity index (χ1n) is 11.8. The van der Waals surface area contributed by atoms with Crippen molar-refractivity contribution in [3.63, 3.8) is 0 Å². The van der Waals surface area contributed by atoms with Crippen LogP contribution in [0.5, 0.6) is 0 Å². The van der Waals surface area contributed by atoms with Gasteiger partial charge in [-0.25, -0.2) is 0 Å². The predicted octanol–water partition coefficient (Wildman–Crippen LogP) is 9.26. The summed E-state index contributed by atoms with van der Waals surface area (Å²) in [7, 11) is 2.72. The summed E-state index contributed by atoms with van der Waals surface area (Å²) in [5.41, 5.74) is 0. The number of aliphatic hydroxyl groups is 1. The zero-order chi connectivity index (χ0) is 42.5. The average Bonchev–Trinajstić information content (AvgIpc) is 2.84. The summed E-state index contributed by atoms with van der Waals surface area (Å²) in [5, 5.41) is 9.33. The highest BCUT2D eigenvalue weighted by molar-refractivity contribution is 5.21. The lowest BCUT2D eigenvalue weighted by Crippen LogP contribution is -2.79. The lowest BCUT2D eigenvalue weighted by atomic mass is 9.83. The molecular weight excluding hydrogens is 821 g/mol. The van der Waals surface area contributed by atoms with Crippen molar-refractivity contribution in [2.75, 3.05) is 27.7 Å². The van der Waals surface area contributed by atoms with Crippen molar-refractivity contribution in [2.24, 2.45) is 0 Å². The molecule has 1 atom stereocenters. The summed E-state index contributed by atoms with van der Waals surface area (Å²) in [6.45, 7) is -1.26. The third-order valence-electron chi connectivity index (χ3n) is 6.40. The first-order chi connectivity index (χ1) is 21.4. The zero-order valence-corrected chi connectivity index (χ0v) is 23.8. The minimum Gasteiger partial charge on any atom is -0.387 e. The largest absolute Gasteiger partial charge is 0.460 e. The predicted molar refractivity (Wildman–Crippen MR) is 104 cm³/mol. The van der Waals surface area contributed by atoms with E-state index in [9.17, 15) is 132 Å². The molecule has 2 nitrogen and oxygen atoms in total. The third kappa shape index (κ3) is 6.47. The minimum absolute atomic E-state index is 0.805. The van der Waals surface area contributed by atoms with Crippen LogP contribution in [0.3, 0.4) is 0 Å². The van der Waals surface area contributed by atoms with Gasteiger partial charge in [-0.05, 0) is 0 Å². The zero-order valence-electron chi connectivity index (χ0n) is 23.8. The number of hydrogen-bond donors (Lipinski definition) is 1. The number of likely N-dealkylation sites (N-methyl/N-ethyl adjacent to an activating group) is 1. The van der Waals surface area contributed by atoms with E-state index >= 15 is 0 Å². The summed E-state index contributed by atoms with van der Waals surface area (Å²) in [6, 6.07) is 0. The minimum atomic E-state index is -9.95. The fourth-order valence-corrected chi connectivity index (χ4v) is 3.50. The van der Waals surface area contributed by atoms with Crippen molar-refractivity contribution in [2.45, 2.75) is 95.7 Å².